The number of nitrogens with one attached hydrogen (secondary N) is 2. The Balaban J connectivity index is 2.08. The quantitative estimate of drug-likeness (QED) is 0.299. The number of carbonyl (C=O) groups is 1. The van der Waals surface area contributed by atoms with E-state index in [1.165, 1.54) is 6.92 Å². The summed E-state index contributed by atoms with van der Waals surface area (Å²) in [7, 11) is -3.82. The number of hydrogen-bond acceptors (Lipinski definition) is 4. The molecule has 0 saturated carbocycles. The van der Waals surface area contributed by atoms with E-state index in [1.807, 2.05) is 0 Å². The summed E-state index contributed by atoms with van der Waals surface area (Å²) in [6.07, 6.45) is 0. The van der Waals surface area contributed by atoms with Crippen molar-refractivity contribution in [1.82, 2.24) is 4.98 Å². The average Bonchev–Trinajstić information content (AvgIpc) is 3.12. The van der Waals surface area contributed by atoms with Crippen LogP contribution in [0.2, 0.25) is 0 Å². The van der Waals surface area contributed by atoms with E-state index in [2.05, 4.69) is 16.3 Å². The van der Waals surface area contributed by atoms with Gasteiger partial charge < -0.3 is 15.8 Å². The predicted molar refractivity (Wildman–Crippen MR) is 137 cm³/mol. The van der Waals surface area contributed by atoms with Crippen molar-refractivity contribution in [3.63, 3.8) is 0 Å². The van der Waals surface area contributed by atoms with Crippen molar-refractivity contribution >= 4 is 43.4 Å². The lowest BCUT2D eigenvalue weighted by Crippen LogP contribution is -2.14. The van der Waals surface area contributed by atoms with E-state index >= 15 is 4.39 Å². The van der Waals surface area contributed by atoms with Crippen LogP contribution in [0.1, 0.15) is 42.3 Å². The first-order valence-corrected chi connectivity index (χ1v) is 12.3. The highest BCUT2D eigenvalue weighted by atomic mass is 32.2. The van der Waals surface area contributed by atoms with Crippen molar-refractivity contribution in [2.75, 3.05) is 4.72 Å². The van der Waals surface area contributed by atoms with Gasteiger partial charge in [-0.1, -0.05) is 30.8 Å². The maximum atomic E-state index is 15.7. The van der Waals surface area contributed by atoms with Gasteiger partial charge >= 0.3 is 0 Å². The normalized spacial score (nSPS) is 12.3. The minimum Gasteiger partial charge on any atom is -0.386 e. The fraction of sp³-hybridized carbons (Fsp3) is 0.192. The second kappa shape index (κ2) is 8.21. The van der Waals surface area contributed by atoms with Crippen molar-refractivity contribution < 1.29 is 22.7 Å². The van der Waals surface area contributed by atoms with Gasteiger partial charge in [0.05, 0.1) is 27.3 Å². The number of nitrogens with two attached hydrogens (primary N) is 1. The molecule has 182 valence electrons. The fourth-order valence-electron chi connectivity index (χ4n) is 4.14. The maximum absolute atomic E-state index is 15.7. The Labute approximate surface area is 202 Å². The van der Waals surface area contributed by atoms with Gasteiger partial charge in [0.15, 0.2) is 0 Å². The summed E-state index contributed by atoms with van der Waals surface area (Å²) < 4.78 is 42.9. The maximum Gasteiger partial charge on any atom is 0.257 e. The third-order valence-electron chi connectivity index (χ3n) is 6.11. The van der Waals surface area contributed by atoms with Crippen LogP contribution in [0, 0.1) is 12.7 Å². The third-order valence-corrected chi connectivity index (χ3v) is 7.51. The van der Waals surface area contributed by atoms with E-state index in [1.54, 1.807) is 57.2 Å². The molecule has 1 heterocycles. The van der Waals surface area contributed by atoms with Gasteiger partial charge in [0.2, 0.25) is 0 Å². The highest BCUT2D eigenvalue weighted by molar-refractivity contribution is 7.96. The van der Waals surface area contributed by atoms with Crippen LogP contribution in [0.25, 0.3) is 32.9 Å². The Kier molecular flexibility index (Phi) is 5.73. The molecule has 4 rings (SSSR count). The Morgan fingerprint density at radius 1 is 1.20 bits per heavy atom. The van der Waals surface area contributed by atoms with E-state index in [-0.39, 0.29) is 21.7 Å². The monoisotopic (exact) mass is 495 g/mol. The fourth-order valence-corrected chi connectivity index (χ4v) is 4.82. The summed E-state index contributed by atoms with van der Waals surface area (Å²) in [4.78, 5) is 15.3. The SMILES string of the molecule is C=C(C)S(=O)(=O)Nc1cccc(-c2c(F)cc(C(N)=O)c3[nH]c4cc(C(C)(C)O)ccc4c23)c1C. The second-order valence-corrected chi connectivity index (χ2v) is 11.0. The topological polar surface area (TPSA) is 125 Å². The summed E-state index contributed by atoms with van der Waals surface area (Å²) in [5.41, 5.74) is 7.41. The van der Waals surface area contributed by atoms with Crippen LogP contribution in [0.3, 0.4) is 0 Å². The first-order valence-electron chi connectivity index (χ1n) is 10.8. The average molecular weight is 496 g/mol. The molecule has 0 spiro atoms. The van der Waals surface area contributed by atoms with Crippen LogP contribution in [-0.4, -0.2) is 24.4 Å². The number of carbonyl (C=O) groups excluding carboxylic acids is 1. The summed E-state index contributed by atoms with van der Waals surface area (Å²) in [5, 5.41) is 11.5. The van der Waals surface area contributed by atoms with Gasteiger partial charge in [-0.2, -0.15) is 0 Å². The van der Waals surface area contributed by atoms with Gasteiger partial charge in [0.1, 0.15) is 5.82 Å². The van der Waals surface area contributed by atoms with Gasteiger partial charge in [0, 0.05) is 21.9 Å². The molecule has 0 fully saturated rings. The van der Waals surface area contributed by atoms with Crippen LogP contribution in [0.4, 0.5) is 10.1 Å². The molecule has 0 aliphatic rings. The number of aromatic nitrogens is 1. The molecule has 7 nitrogen and oxygen atoms in total. The number of aliphatic hydroxyl groups is 1. The highest BCUT2D eigenvalue weighted by Crippen LogP contribution is 2.41. The molecule has 0 bridgehead atoms. The van der Waals surface area contributed by atoms with Gasteiger partial charge in [-0.15, -0.1) is 0 Å². The van der Waals surface area contributed by atoms with Crippen molar-refractivity contribution in [3.8, 4) is 11.1 Å². The highest BCUT2D eigenvalue weighted by Gasteiger charge is 2.24. The number of primary amides is 1. The Bertz CT molecular complexity index is 1650. The van der Waals surface area contributed by atoms with Crippen LogP contribution in [0.5, 0.6) is 0 Å². The van der Waals surface area contributed by atoms with E-state index < -0.39 is 27.3 Å². The molecule has 5 N–H and O–H groups in total. The van der Waals surface area contributed by atoms with Crippen LogP contribution in [0.15, 0.2) is 53.9 Å². The Morgan fingerprint density at radius 2 is 1.89 bits per heavy atom. The molecule has 3 aromatic carbocycles. The molecule has 1 amide bonds. The van der Waals surface area contributed by atoms with E-state index in [0.29, 0.717) is 38.5 Å². The number of aromatic amines is 1. The molecule has 1 aromatic heterocycles. The largest absolute Gasteiger partial charge is 0.386 e. The zero-order valence-corrected chi connectivity index (χ0v) is 20.6. The molecule has 0 saturated heterocycles. The lowest BCUT2D eigenvalue weighted by Gasteiger charge is -2.17. The molecule has 4 aromatic rings. The van der Waals surface area contributed by atoms with Crippen LogP contribution >= 0.6 is 0 Å². The molecule has 35 heavy (non-hydrogen) atoms. The van der Waals surface area contributed by atoms with Crippen LogP contribution < -0.4 is 10.5 Å². The molecule has 0 aliphatic heterocycles. The molecular weight excluding hydrogens is 469 g/mol. The lowest BCUT2D eigenvalue weighted by molar-refractivity contribution is 0.0787. The van der Waals surface area contributed by atoms with Gasteiger partial charge in [-0.3, -0.25) is 9.52 Å². The van der Waals surface area contributed by atoms with Crippen molar-refractivity contribution in [3.05, 3.63) is 76.5 Å². The van der Waals surface area contributed by atoms with Crippen molar-refractivity contribution in [1.29, 1.82) is 0 Å². The minimum atomic E-state index is -3.82. The van der Waals surface area contributed by atoms with Crippen LogP contribution in [-0.2, 0) is 15.6 Å². The first-order chi connectivity index (χ1) is 16.2. The molecular formula is C26H26FN3O4S. The third kappa shape index (κ3) is 4.17. The van der Waals surface area contributed by atoms with E-state index in [9.17, 15) is 18.3 Å². The number of halogens is 1. The summed E-state index contributed by atoms with van der Waals surface area (Å²) >= 11 is 0. The number of rotatable bonds is 6. The van der Waals surface area contributed by atoms with E-state index in [4.69, 9.17) is 5.73 Å². The zero-order valence-electron chi connectivity index (χ0n) is 19.8. The predicted octanol–water partition coefficient (Wildman–Crippen LogP) is 5.04. The molecule has 9 heteroatoms. The number of allylic oxidation sites excluding steroid dienone is 1. The van der Waals surface area contributed by atoms with Crippen molar-refractivity contribution in [2.45, 2.75) is 33.3 Å². The molecule has 0 unspecified atom stereocenters. The first kappa shape index (κ1) is 24.4. The number of H-pyrrole nitrogens is 1. The molecule has 0 radical (unpaired) electrons. The number of benzene rings is 3. The Hall–Kier alpha value is -3.69. The summed E-state index contributed by atoms with van der Waals surface area (Å²) in [6.45, 7) is 9.85. The number of amides is 1. The van der Waals surface area contributed by atoms with E-state index in [0.717, 1.165) is 6.07 Å². The Morgan fingerprint density at radius 3 is 2.49 bits per heavy atom. The zero-order chi connectivity index (χ0) is 25.9. The second-order valence-electron chi connectivity index (χ2n) is 9.13. The number of anilines is 1. The number of fused-ring (bicyclic) bond motifs is 3. The summed E-state index contributed by atoms with van der Waals surface area (Å²) in [5.74, 6) is -1.48. The van der Waals surface area contributed by atoms with Crippen molar-refractivity contribution in [2.24, 2.45) is 5.73 Å². The number of hydrogen-bond donors (Lipinski definition) is 4. The molecule has 0 atom stereocenters. The lowest BCUT2D eigenvalue weighted by atomic mass is 9.92. The summed E-state index contributed by atoms with van der Waals surface area (Å²) in [6, 6.07) is 11.2. The standard InChI is InChI=1S/C26H26FN3O4S/c1-13(2)35(33,34)30-20-8-6-7-16(14(20)3)22-19(27)12-18(25(28)31)24-23(22)17-10-9-15(26(4,5)32)11-21(17)29-24/h6-12,29-30,32H,1H2,2-5H3,(H2,28,31). The van der Waals surface area contributed by atoms with Gasteiger partial charge in [0.25, 0.3) is 15.9 Å². The van der Waals surface area contributed by atoms with Gasteiger partial charge in [-0.25, -0.2) is 12.8 Å². The minimum absolute atomic E-state index is 0.0148. The molecule has 0 aliphatic carbocycles. The number of sulfonamides is 1. The smallest absolute Gasteiger partial charge is 0.257 e. The van der Waals surface area contributed by atoms with Gasteiger partial charge in [-0.05, 0) is 62.6 Å².